The average Bonchev–Trinajstić information content (AvgIpc) is 2.54. The summed E-state index contributed by atoms with van der Waals surface area (Å²) < 4.78 is 5.63. The van der Waals surface area contributed by atoms with Gasteiger partial charge in [-0.05, 0) is 43.3 Å². The fraction of sp³-hybridized carbons (Fsp3) is 0.111. The van der Waals surface area contributed by atoms with Crippen LogP contribution in [0, 0.1) is 6.92 Å². The van der Waals surface area contributed by atoms with Crippen LogP contribution in [0.5, 0.6) is 5.75 Å². The lowest BCUT2D eigenvalue weighted by molar-refractivity contribution is -0.118. The number of fused-ring (bicyclic) bond motifs is 1. The van der Waals surface area contributed by atoms with E-state index in [2.05, 4.69) is 10.3 Å². The van der Waals surface area contributed by atoms with Crippen LogP contribution in [-0.2, 0) is 4.79 Å². The molecule has 1 heterocycles. The Labute approximate surface area is 159 Å². The molecule has 3 rings (SSSR count). The molecule has 0 spiro atoms. The van der Waals surface area contributed by atoms with E-state index in [1.165, 1.54) is 0 Å². The number of nitrogens with one attached hydrogen (secondary N) is 1. The van der Waals surface area contributed by atoms with Crippen LogP contribution in [0.15, 0.2) is 42.5 Å². The van der Waals surface area contributed by atoms with E-state index in [4.69, 9.17) is 39.5 Å². The number of ether oxygens (including phenoxy) is 1. The maximum absolute atomic E-state index is 12.1. The molecule has 3 aromatic rings. The van der Waals surface area contributed by atoms with Crippen molar-refractivity contribution in [3.8, 4) is 5.75 Å². The van der Waals surface area contributed by atoms with Crippen LogP contribution in [0.2, 0.25) is 15.1 Å². The average molecular weight is 396 g/mol. The zero-order valence-electron chi connectivity index (χ0n) is 13.1. The predicted octanol–water partition coefficient (Wildman–Crippen LogP) is 5.52. The minimum absolute atomic E-state index is 0.224. The Balaban J connectivity index is 1.81. The van der Waals surface area contributed by atoms with Gasteiger partial charge < -0.3 is 10.1 Å². The Morgan fingerprint density at radius 2 is 1.92 bits per heavy atom. The lowest BCUT2D eigenvalue weighted by atomic mass is 10.2. The maximum Gasteiger partial charge on any atom is 0.262 e. The summed E-state index contributed by atoms with van der Waals surface area (Å²) in [5.74, 6) is -0.0138. The third kappa shape index (κ3) is 4.15. The molecule has 0 fully saturated rings. The number of nitrogens with zero attached hydrogens (tertiary/aromatic N) is 1. The molecule has 0 unspecified atom stereocenters. The minimum atomic E-state index is -0.339. The van der Waals surface area contributed by atoms with Crippen molar-refractivity contribution in [1.82, 2.24) is 4.98 Å². The number of hydrogen-bond acceptors (Lipinski definition) is 3. The molecule has 4 nitrogen and oxygen atoms in total. The Bertz CT molecular complexity index is 960. The maximum atomic E-state index is 12.1. The zero-order chi connectivity index (χ0) is 18.0. The van der Waals surface area contributed by atoms with E-state index in [0.717, 1.165) is 5.69 Å². The van der Waals surface area contributed by atoms with Crippen molar-refractivity contribution in [2.24, 2.45) is 0 Å². The summed E-state index contributed by atoms with van der Waals surface area (Å²) in [6.07, 6.45) is 0. The van der Waals surface area contributed by atoms with Gasteiger partial charge in [-0.25, -0.2) is 4.98 Å². The summed E-state index contributed by atoms with van der Waals surface area (Å²) in [4.78, 5) is 16.5. The first-order valence-corrected chi connectivity index (χ1v) is 8.51. The predicted molar refractivity (Wildman–Crippen MR) is 102 cm³/mol. The Morgan fingerprint density at radius 3 is 2.68 bits per heavy atom. The number of pyridine rings is 1. The number of aryl methyl sites for hydroxylation is 1. The first kappa shape index (κ1) is 17.8. The van der Waals surface area contributed by atoms with Gasteiger partial charge in [0.1, 0.15) is 5.52 Å². The number of carbonyl (C=O) groups excluding carboxylic acids is 1. The lowest BCUT2D eigenvalue weighted by Gasteiger charge is -2.12. The normalized spacial score (nSPS) is 10.7. The second-order valence-corrected chi connectivity index (χ2v) is 6.62. The minimum Gasteiger partial charge on any atom is -0.480 e. The summed E-state index contributed by atoms with van der Waals surface area (Å²) in [6, 6.07) is 12.1. The molecule has 0 aliphatic heterocycles. The first-order chi connectivity index (χ1) is 11.9. The monoisotopic (exact) mass is 394 g/mol. The van der Waals surface area contributed by atoms with E-state index in [0.29, 0.717) is 37.4 Å². The van der Waals surface area contributed by atoms with Gasteiger partial charge in [-0.3, -0.25) is 4.79 Å². The van der Waals surface area contributed by atoms with Crippen molar-refractivity contribution in [3.05, 3.63) is 63.2 Å². The van der Waals surface area contributed by atoms with Crippen molar-refractivity contribution >= 4 is 57.3 Å². The Hall–Kier alpha value is -2.01. The summed E-state index contributed by atoms with van der Waals surface area (Å²) in [5.41, 5.74) is 1.90. The lowest BCUT2D eigenvalue weighted by Crippen LogP contribution is -2.20. The molecule has 1 aromatic heterocycles. The van der Waals surface area contributed by atoms with Crippen molar-refractivity contribution in [2.75, 3.05) is 11.9 Å². The fourth-order valence-electron chi connectivity index (χ4n) is 2.33. The quantitative estimate of drug-likeness (QED) is 0.632. The summed E-state index contributed by atoms with van der Waals surface area (Å²) in [7, 11) is 0. The van der Waals surface area contributed by atoms with Crippen LogP contribution >= 0.6 is 34.8 Å². The van der Waals surface area contributed by atoms with Gasteiger partial charge in [0.2, 0.25) is 0 Å². The van der Waals surface area contributed by atoms with E-state index < -0.39 is 0 Å². The highest BCUT2D eigenvalue weighted by atomic mass is 35.5. The van der Waals surface area contributed by atoms with E-state index in [9.17, 15) is 4.79 Å². The van der Waals surface area contributed by atoms with Crippen LogP contribution < -0.4 is 10.1 Å². The van der Waals surface area contributed by atoms with Crippen molar-refractivity contribution in [3.63, 3.8) is 0 Å². The van der Waals surface area contributed by atoms with Crippen LogP contribution in [0.1, 0.15) is 5.69 Å². The topological polar surface area (TPSA) is 51.2 Å². The van der Waals surface area contributed by atoms with Gasteiger partial charge in [0.05, 0.1) is 10.0 Å². The number of benzene rings is 2. The molecular weight excluding hydrogens is 383 g/mol. The molecule has 1 amide bonds. The number of hydrogen-bond donors (Lipinski definition) is 1. The van der Waals surface area contributed by atoms with Gasteiger partial charge >= 0.3 is 0 Å². The number of halogens is 3. The molecule has 0 atom stereocenters. The molecule has 0 aliphatic rings. The van der Waals surface area contributed by atoms with E-state index in [-0.39, 0.29) is 12.5 Å². The van der Waals surface area contributed by atoms with Crippen molar-refractivity contribution in [1.29, 1.82) is 0 Å². The molecule has 128 valence electrons. The Morgan fingerprint density at radius 1 is 1.12 bits per heavy atom. The molecule has 0 radical (unpaired) electrons. The third-order valence-corrected chi connectivity index (χ3v) is 4.26. The Kier molecular flexibility index (Phi) is 5.33. The standard InChI is InChI=1S/C18H13Cl3N2O2/c1-10-5-6-13-14(20)8-15(21)18(17(13)22-10)25-9-16(24)23-12-4-2-3-11(19)7-12/h2-8H,9H2,1H3,(H,23,24). The molecule has 25 heavy (non-hydrogen) atoms. The molecule has 0 aliphatic carbocycles. The third-order valence-electron chi connectivity index (χ3n) is 3.43. The van der Waals surface area contributed by atoms with E-state index in [1.54, 1.807) is 30.3 Å². The second kappa shape index (κ2) is 7.48. The van der Waals surface area contributed by atoms with Gasteiger partial charge in [-0.15, -0.1) is 0 Å². The molecule has 7 heteroatoms. The highest BCUT2D eigenvalue weighted by Gasteiger charge is 2.15. The largest absolute Gasteiger partial charge is 0.480 e. The molecule has 2 aromatic carbocycles. The SMILES string of the molecule is Cc1ccc2c(Cl)cc(Cl)c(OCC(=O)Nc3cccc(Cl)c3)c2n1. The number of anilines is 1. The summed E-state index contributed by atoms with van der Waals surface area (Å²) in [6.45, 7) is 1.63. The van der Waals surface area contributed by atoms with Crippen LogP contribution in [0.3, 0.4) is 0 Å². The molecule has 0 bridgehead atoms. The van der Waals surface area contributed by atoms with Gasteiger partial charge in [0, 0.05) is 21.8 Å². The highest BCUT2D eigenvalue weighted by molar-refractivity contribution is 6.39. The molecular formula is C18H13Cl3N2O2. The summed E-state index contributed by atoms with van der Waals surface area (Å²) in [5, 5.41) is 4.72. The van der Waals surface area contributed by atoms with E-state index in [1.807, 2.05) is 19.1 Å². The zero-order valence-corrected chi connectivity index (χ0v) is 15.4. The summed E-state index contributed by atoms with van der Waals surface area (Å²) >= 11 is 18.3. The van der Waals surface area contributed by atoms with Gasteiger partial charge in [-0.2, -0.15) is 0 Å². The van der Waals surface area contributed by atoms with Crippen LogP contribution in [-0.4, -0.2) is 17.5 Å². The smallest absolute Gasteiger partial charge is 0.262 e. The van der Waals surface area contributed by atoms with Gasteiger partial charge in [-0.1, -0.05) is 40.9 Å². The number of aromatic nitrogens is 1. The first-order valence-electron chi connectivity index (χ1n) is 7.37. The highest BCUT2D eigenvalue weighted by Crippen LogP contribution is 2.37. The number of rotatable bonds is 4. The molecule has 1 N–H and O–H groups in total. The molecule has 0 saturated heterocycles. The van der Waals surface area contributed by atoms with Crippen LogP contribution in [0.4, 0.5) is 5.69 Å². The van der Waals surface area contributed by atoms with Gasteiger partial charge in [0.25, 0.3) is 5.91 Å². The fourth-order valence-corrected chi connectivity index (χ4v) is 3.09. The van der Waals surface area contributed by atoms with E-state index >= 15 is 0 Å². The number of amides is 1. The van der Waals surface area contributed by atoms with Crippen molar-refractivity contribution in [2.45, 2.75) is 6.92 Å². The number of carbonyl (C=O) groups is 1. The van der Waals surface area contributed by atoms with Crippen molar-refractivity contribution < 1.29 is 9.53 Å². The molecule has 0 saturated carbocycles. The van der Waals surface area contributed by atoms with Gasteiger partial charge in [0.15, 0.2) is 12.4 Å². The second-order valence-electron chi connectivity index (χ2n) is 5.37. The van der Waals surface area contributed by atoms with Crippen LogP contribution in [0.25, 0.3) is 10.9 Å².